The zero-order valence-corrected chi connectivity index (χ0v) is 22.1. The van der Waals surface area contributed by atoms with Gasteiger partial charge in [0, 0.05) is 5.92 Å². The van der Waals surface area contributed by atoms with Gasteiger partial charge in [-0.3, -0.25) is 24.5 Å². The van der Waals surface area contributed by atoms with Crippen LogP contribution in [0.2, 0.25) is 0 Å². The summed E-state index contributed by atoms with van der Waals surface area (Å²) in [4.78, 5) is 51.8. The van der Waals surface area contributed by atoms with Crippen molar-refractivity contribution in [1.29, 1.82) is 0 Å². The van der Waals surface area contributed by atoms with Crippen molar-refractivity contribution in [2.24, 2.45) is 0 Å². The minimum Gasteiger partial charge on any atom is -0.457 e. The van der Waals surface area contributed by atoms with Crippen LogP contribution in [0.4, 0.5) is 5.69 Å². The number of amides is 4. The summed E-state index contributed by atoms with van der Waals surface area (Å²) in [6.07, 6.45) is 0. The van der Waals surface area contributed by atoms with Crippen molar-refractivity contribution in [2.75, 3.05) is 4.90 Å². The number of fused-ring (bicyclic) bond motifs is 2. The topological polar surface area (TPSA) is 92.8 Å². The number of hydrogen-bond acceptors (Lipinski definition) is 5. The molecule has 0 fully saturated rings. The highest BCUT2D eigenvalue weighted by molar-refractivity contribution is 6.34. The van der Waals surface area contributed by atoms with Gasteiger partial charge in [0.2, 0.25) is 0 Å². The van der Waals surface area contributed by atoms with E-state index in [0.29, 0.717) is 17.2 Å². The number of anilines is 1. The maximum atomic E-state index is 13.5. The molecule has 202 valence electrons. The molecule has 7 heteroatoms. The molecule has 0 unspecified atom stereocenters. The number of ether oxygens (including phenoxy) is 1. The highest BCUT2D eigenvalue weighted by atomic mass is 16.5. The van der Waals surface area contributed by atoms with Crippen molar-refractivity contribution >= 4 is 29.3 Å². The maximum Gasteiger partial charge on any atom is 0.266 e. The first-order chi connectivity index (χ1) is 20.5. The maximum absolute atomic E-state index is 13.5. The Labute approximate surface area is 241 Å². The molecule has 0 aliphatic carbocycles. The minimum absolute atomic E-state index is 0.00764. The number of benzene rings is 5. The first-order valence-corrected chi connectivity index (χ1v) is 13.4. The van der Waals surface area contributed by atoms with Gasteiger partial charge in [-0.25, -0.2) is 4.90 Å². The Morgan fingerprint density at radius 1 is 0.500 bits per heavy atom. The zero-order chi connectivity index (χ0) is 28.8. The predicted octanol–water partition coefficient (Wildman–Crippen LogP) is 6.34. The number of carbonyl (C=O) groups is 4. The zero-order valence-electron chi connectivity index (χ0n) is 22.1. The van der Waals surface area contributed by atoms with Crippen molar-refractivity contribution in [3.63, 3.8) is 0 Å². The average molecular weight is 551 g/mol. The highest BCUT2D eigenvalue weighted by Crippen LogP contribution is 2.36. The first kappa shape index (κ1) is 25.2. The van der Waals surface area contributed by atoms with Crippen LogP contribution in [0.1, 0.15) is 64.0 Å². The van der Waals surface area contributed by atoms with Gasteiger partial charge in [-0.1, -0.05) is 72.8 Å². The molecule has 4 amide bonds. The smallest absolute Gasteiger partial charge is 0.266 e. The standard InChI is InChI=1S/C35H22N2O5/c38-32-27-17-15-25(19-29(27)33(39)36-32)42-26-16-18-28-30(20-26)35(41)37(34(28)40)24-13-11-23(12-14-24)31(21-7-3-1-4-8-21)22-9-5-2-6-10-22/h1-20,31H,(H,36,38,39). The molecule has 0 saturated heterocycles. The highest BCUT2D eigenvalue weighted by Gasteiger charge is 2.37. The second-order valence-electron chi connectivity index (χ2n) is 10.1. The van der Waals surface area contributed by atoms with Crippen LogP contribution >= 0.6 is 0 Å². The Balaban J connectivity index is 1.16. The third-order valence-corrected chi connectivity index (χ3v) is 7.55. The summed E-state index contributed by atoms with van der Waals surface area (Å²) in [5.41, 5.74) is 4.79. The van der Waals surface area contributed by atoms with Crippen molar-refractivity contribution in [3.8, 4) is 11.5 Å². The Kier molecular flexibility index (Phi) is 5.98. The molecule has 42 heavy (non-hydrogen) atoms. The van der Waals surface area contributed by atoms with Gasteiger partial charge in [-0.15, -0.1) is 0 Å². The van der Waals surface area contributed by atoms with Gasteiger partial charge >= 0.3 is 0 Å². The van der Waals surface area contributed by atoms with Crippen LogP contribution in [0.15, 0.2) is 121 Å². The SMILES string of the molecule is O=C1NC(=O)c2cc(Oc3ccc4c(c3)C(=O)N(c3ccc(C(c5ccccc5)c5ccccc5)cc3)C4=O)ccc21. The van der Waals surface area contributed by atoms with Gasteiger partial charge in [-0.05, 0) is 65.2 Å². The Bertz CT molecular complexity index is 1860. The molecule has 2 aliphatic heterocycles. The number of rotatable bonds is 6. The second kappa shape index (κ2) is 9.98. The normalized spacial score (nSPS) is 13.8. The van der Waals surface area contributed by atoms with Gasteiger partial charge in [0.15, 0.2) is 0 Å². The van der Waals surface area contributed by atoms with Crippen molar-refractivity contribution < 1.29 is 23.9 Å². The number of hydrogen-bond donors (Lipinski definition) is 1. The van der Waals surface area contributed by atoms with E-state index in [1.807, 2.05) is 48.5 Å². The number of nitrogens with zero attached hydrogens (tertiary/aromatic N) is 1. The van der Waals surface area contributed by atoms with Crippen LogP contribution in [0.25, 0.3) is 0 Å². The summed E-state index contributed by atoms with van der Waals surface area (Å²) in [5, 5.41) is 2.24. The van der Waals surface area contributed by atoms with E-state index in [1.54, 1.807) is 30.3 Å². The molecule has 0 spiro atoms. The van der Waals surface area contributed by atoms with Crippen LogP contribution in [0.5, 0.6) is 11.5 Å². The quantitative estimate of drug-likeness (QED) is 0.197. The van der Waals surface area contributed by atoms with E-state index < -0.39 is 23.6 Å². The summed E-state index contributed by atoms with van der Waals surface area (Å²) >= 11 is 0. The fourth-order valence-electron chi connectivity index (χ4n) is 5.55. The molecule has 1 N–H and O–H groups in total. The summed E-state index contributed by atoms with van der Waals surface area (Å²) in [6.45, 7) is 0. The van der Waals surface area contributed by atoms with Crippen LogP contribution in [0, 0.1) is 0 Å². The van der Waals surface area contributed by atoms with Crippen LogP contribution in [-0.2, 0) is 0 Å². The fraction of sp³-hybridized carbons (Fsp3) is 0.0286. The third kappa shape index (κ3) is 4.24. The Hall–Kier alpha value is -5.82. The molecule has 2 aliphatic rings. The average Bonchev–Trinajstić information content (AvgIpc) is 3.44. The van der Waals surface area contributed by atoms with E-state index in [2.05, 4.69) is 29.6 Å². The lowest BCUT2D eigenvalue weighted by Gasteiger charge is -2.20. The summed E-state index contributed by atoms with van der Waals surface area (Å²) in [6, 6.07) is 37.1. The molecular formula is C35H22N2O5. The molecule has 7 rings (SSSR count). The molecule has 0 bridgehead atoms. The summed E-state index contributed by atoms with van der Waals surface area (Å²) in [5.74, 6) is -1.16. The van der Waals surface area contributed by atoms with E-state index in [0.717, 1.165) is 16.7 Å². The Morgan fingerprint density at radius 3 is 1.62 bits per heavy atom. The van der Waals surface area contributed by atoms with Crippen LogP contribution in [-0.4, -0.2) is 23.6 Å². The summed E-state index contributed by atoms with van der Waals surface area (Å²) in [7, 11) is 0. The van der Waals surface area contributed by atoms with Crippen molar-refractivity contribution in [2.45, 2.75) is 5.92 Å². The molecule has 0 aromatic heterocycles. The lowest BCUT2D eigenvalue weighted by atomic mass is 9.85. The lowest BCUT2D eigenvalue weighted by Crippen LogP contribution is -2.29. The van der Waals surface area contributed by atoms with Gasteiger partial charge < -0.3 is 4.74 Å². The predicted molar refractivity (Wildman–Crippen MR) is 156 cm³/mol. The van der Waals surface area contributed by atoms with Gasteiger partial charge in [0.05, 0.1) is 27.9 Å². The van der Waals surface area contributed by atoms with Crippen LogP contribution in [0.3, 0.4) is 0 Å². The fourth-order valence-corrected chi connectivity index (χ4v) is 5.55. The molecule has 2 heterocycles. The van der Waals surface area contributed by atoms with Gasteiger partial charge in [0.1, 0.15) is 11.5 Å². The number of nitrogens with one attached hydrogen (secondary N) is 1. The molecule has 7 nitrogen and oxygen atoms in total. The van der Waals surface area contributed by atoms with E-state index in [1.165, 1.54) is 23.1 Å². The van der Waals surface area contributed by atoms with E-state index >= 15 is 0 Å². The van der Waals surface area contributed by atoms with E-state index in [4.69, 9.17) is 4.74 Å². The Morgan fingerprint density at radius 2 is 1.00 bits per heavy atom. The van der Waals surface area contributed by atoms with E-state index in [-0.39, 0.29) is 28.2 Å². The van der Waals surface area contributed by atoms with Crippen molar-refractivity contribution in [3.05, 3.63) is 160 Å². The van der Waals surface area contributed by atoms with Crippen LogP contribution < -0.4 is 15.0 Å². The molecule has 5 aromatic rings. The molecular weight excluding hydrogens is 528 g/mol. The number of carbonyl (C=O) groups excluding carboxylic acids is 4. The first-order valence-electron chi connectivity index (χ1n) is 13.4. The minimum atomic E-state index is -0.490. The van der Waals surface area contributed by atoms with Gasteiger partial charge in [-0.2, -0.15) is 0 Å². The second-order valence-corrected chi connectivity index (χ2v) is 10.1. The molecule has 0 saturated carbocycles. The monoisotopic (exact) mass is 550 g/mol. The third-order valence-electron chi connectivity index (χ3n) is 7.55. The largest absolute Gasteiger partial charge is 0.457 e. The molecule has 0 atom stereocenters. The molecule has 0 radical (unpaired) electrons. The van der Waals surface area contributed by atoms with E-state index in [9.17, 15) is 19.2 Å². The molecule has 5 aromatic carbocycles. The van der Waals surface area contributed by atoms with Crippen molar-refractivity contribution in [1.82, 2.24) is 5.32 Å². The lowest BCUT2D eigenvalue weighted by molar-refractivity contribution is 0.0874. The van der Waals surface area contributed by atoms with Gasteiger partial charge in [0.25, 0.3) is 23.6 Å². The summed E-state index contributed by atoms with van der Waals surface area (Å²) < 4.78 is 5.89. The number of imide groups is 2.